The molecule has 2 heterocycles. The first-order valence-corrected chi connectivity index (χ1v) is 6.89. The number of hydrazine groups is 1. The Morgan fingerprint density at radius 2 is 2.00 bits per heavy atom. The van der Waals surface area contributed by atoms with Crippen LogP contribution in [0, 0.1) is 0 Å². The quantitative estimate of drug-likeness (QED) is 0.673. The molecule has 3 aromatic rings. The van der Waals surface area contributed by atoms with E-state index in [0.717, 1.165) is 5.52 Å². The fourth-order valence-electron chi connectivity index (χ4n) is 2.01. The van der Waals surface area contributed by atoms with Crippen LogP contribution in [0.1, 0.15) is 27.8 Å². The summed E-state index contributed by atoms with van der Waals surface area (Å²) in [6, 6.07) is 5.01. The summed E-state index contributed by atoms with van der Waals surface area (Å²) in [5, 5.41) is 7.98. The first-order chi connectivity index (χ1) is 11.2. The largest absolute Gasteiger partial charge is 0.289 e. The number of aromatic nitrogens is 5. The Hall–Kier alpha value is -3.36. The molecule has 116 valence electrons. The van der Waals surface area contributed by atoms with Crippen LogP contribution in [0.3, 0.4) is 0 Å². The van der Waals surface area contributed by atoms with Crippen molar-refractivity contribution in [1.82, 2.24) is 35.8 Å². The van der Waals surface area contributed by atoms with Crippen molar-refractivity contribution >= 4 is 22.8 Å². The summed E-state index contributed by atoms with van der Waals surface area (Å²) in [6.45, 7) is 2.65. The smallest absolute Gasteiger partial charge is 0.267 e. The highest BCUT2D eigenvalue weighted by Gasteiger charge is 2.12. The van der Waals surface area contributed by atoms with E-state index >= 15 is 0 Å². The Labute approximate surface area is 130 Å². The van der Waals surface area contributed by atoms with Crippen molar-refractivity contribution in [2.24, 2.45) is 0 Å². The number of hydrogen-bond acceptors (Lipinski definition) is 6. The summed E-state index contributed by atoms with van der Waals surface area (Å²) in [7, 11) is 0. The molecule has 0 fully saturated rings. The second-order valence-electron chi connectivity index (χ2n) is 4.61. The number of aryl methyl sites for hydroxylation is 1. The lowest BCUT2D eigenvalue weighted by Gasteiger charge is -2.06. The molecule has 1 aromatic carbocycles. The van der Waals surface area contributed by atoms with E-state index in [-0.39, 0.29) is 5.69 Å². The summed E-state index contributed by atoms with van der Waals surface area (Å²) in [4.78, 5) is 31.5. The number of carbonyl (C=O) groups excluding carboxylic acids is 2. The van der Waals surface area contributed by atoms with Gasteiger partial charge in [0, 0.05) is 24.5 Å². The zero-order valence-corrected chi connectivity index (χ0v) is 12.2. The molecule has 23 heavy (non-hydrogen) atoms. The van der Waals surface area contributed by atoms with E-state index in [1.54, 1.807) is 22.9 Å². The van der Waals surface area contributed by atoms with E-state index in [0.29, 0.717) is 17.6 Å². The van der Waals surface area contributed by atoms with Crippen molar-refractivity contribution in [1.29, 1.82) is 0 Å². The van der Waals surface area contributed by atoms with Gasteiger partial charge in [0.05, 0.1) is 11.7 Å². The molecular formula is C14H13N7O2. The van der Waals surface area contributed by atoms with Crippen molar-refractivity contribution in [3.05, 3.63) is 48.0 Å². The maximum absolute atomic E-state index is 12.1. The number of carbonyl (C=O) groups is 2. The third-order valence-corrected chi connectivity index (χ3v) is 3.16. The first kappa shape index (κ1) is 14.6. The van der Waals surface area contributed by atoms with E-state index in [4.69, 9.17) is 0 Å². The normalized spacial score (nSPS) is 10.5. The molecule has 9 heteroatoms. The number of fused-ring (bicyclic) bond motifs is 1. The average Bonchev–Trinajstić information content (AvgIpc) is 3.02. The minimum atomic E-state index is -0.551. The van der Waals surface area contributed by atoms with Crippen LogP contribution in [0.25, 0.3) is 11.0 Å². The van der Waals surface area contributed by atoms with Crippen LogP contribution in [-0.2, 0) is 6.54 Å². The van der Waals surface area contributed by atoms with Gasteiger partial charge in [0.2, 0.25) is 0 Å². The second-order valence-corrected chi connectivity index (χ2v) is 4.61. The molecule has 3 rings (SSSR count). The molecule has 0 unspecified atom stereocenters. The maximum atomic E-state index is 12.1. The highest BCUT2D eigenvalue weighted by Crippen LogP contribution is 2.13. The number of nitrogens with zero attached hydrogens (tertiary/aromatic N) is 5. The molecule has 2 N–H and O–H groups in total. The molecule has 0 radical (unpaired) electrons. The first-order valence-electron chi connectivity index (χ1n) is 6.89. The zero-order valence-electron chi connectivity index (χ0n) is 12.2. The van der Waals surface area contributed by atoms with Crippen LogP contribution in [0.5, 0.6) is 0 Å². The van der Waals surface area contributed by atoms with Gasteiger partial charge < -0.3 is 0 Å². The second kappa shape index (κ2) is 6.18. The Morgan fingerprint density at radius 1 is 1.17 bits per heavy atom. The fourth-order valence-corrected chi connectivity index (χ4v) is 2.01. The molecular weight excluding hydrogens is 298 g/mol. The lowest BCUT2D eigenvalue weighted by Crippen LogP contribution is -2.41. The molecule has 0 aliphatic rings. The van der Waals surface area contributed by atoms with E-state index < -0.39 is 11.8 Å². The monoisotopic (exact) mass is 311 g/mol. The van der Waals surface area contributed by atoms with Gasteiger partial charge in [0.25, 0.3) is 11.8 Å². The van der Waals surface area contributed by atoms with Crippen LogP contribution in [-0.4, -0.2) is 36.8 Å². The Kier molecular flexibility index (Phi) is 3.91. The summed E-state index contributed by atoms with van der Waals surface area (Å²) in [6.07, 6.45) is 4.15. The topological polar surface area (TPSA) is 115 Å². The summed E-state index contributed by atoms with van der Waals surface area (Å²) < 4.78 is 1.73. The minimum Gasteiger partial charge on any atom is -0.267 e. The van der Waals surface area contributed by atoms with Gasteiger partial charge in [-0.2, -0.15) is 0 Å². The van der Waals surface area contributed by atoms with E-state index in [2.05, 4.69) is 31.1 Å². The van der Waals surface area contributed by atoms with Crippen LogP contribution in [0.2, 0.25) is 0 Å². The summed E-state index contributed by atoms with van der Waals surface area (Å²) in [5.74, 6) is -1.01. The predicted octanol–water partition coefficient (Wildman–Crippen LogP) is 0.316. The molecule has 0 bridgehead atoms. The van der Waals surface area contributed by atoms with Gasteiger partial charge in [-0.1, -0.05) is 5.21 Å². The number of benzene rings is 1. The molecule has 0 saturated heterocycles. The van der Waals surface area contributed by atoms with Crippen molar-refractivity contribution in [3.63, 3.8) is 0 Å². The number of nitrogens with one attached hydrogen (secondary N) is 2. The zero-order chi connectivity index (χ0) is 16.2. The lowest BCUT2D eigenvalue weighted by atomic mass is 10.2. The van der Waals surface area contributed by atoms with Crippen LogP contribution < -0.4 is 10.9 Å². The molecule has 0 saturated carbocycles. The van der Waals surface area contributed by atoms with E-state index in [1.807, 2.05) is 6.92 Å². The Bertz CT molecular complexity index is 860. The molecule has 9 nitrogen and oxygen atoms in total. The number of hydrogen-bond donors (Lipinski definition) is 2. The van der Waals surface area contributed by atoms with Gasteiger partial charge in [-0.25, -0.2) is 9.67 Å². The molecule has 2 amide bonds. The third kappa shape index (κ3) is 2.98. The van der Waals surface area contributed by atoms with E-state index in [9.17, 15) is 9.59 Å². The third-order valence-electron chi connectivity index (χ3n) is 3.16. The minimum absolute atomic E-state index is 0.106. The van der Waals surface area contributed by atoms with Crippen molar-refractivity contribution in [2.45, 2.75) is 13.5 Å². The Balaban J connectivity index is 1.70. The summed E-state index contributed by atoms with van der Waals surface area (Å²) in [5.41, 5.74) is 6.52. The fraction of sp³-hybridized carbons (Fsp3) is 0.143. The van der Waals surface area contributed by atoms with Crippen molar-refractivity contribution < 1.29 is 9.59 Å². The lowest BCUT2D eigenvalue weighted by molar-refractivity contribution is 0.0844. The highest BCUT2D eigenvalue weighted by atomic mass is 16.2. The van der Waals surface area contributed by atoms with Crippen LogP contribution >= 0.6 is 0 Å². The molecule has 0 aliphatic heterocycles. The number of rotatable bonds is 3. The van der Waals surface area contributed by atoms with Gasteiger partial charge in [0.1, 0.15) is 11.2 Å². The maximum Gasteiger partial charge on any atom is 0.289 e. The van der Waals surface area contributed by atoms with Crippen LogP contribution in [0.15, 0.2) is 36.8 Å². The van der Waals surface area contributed by atoms with Crippen LogP contribution in [0.4, 0.5) is 0 Å². The average molecular weight is 311 g/mol. The van der Waals surface area contributed by atoms with E-state index in [1.165, 1.54) is 18.6 Å². The SMILES string of the molecule is CCn1nnc2cc(C(=O)NNC(=O)c3cnccn3)ccc21. The van der Waals surface area contributed by atoms with Gasteiger partial charge in [0.15, 0.2) is 0 Å². The predicted molar refractivity (Wildman–Crippen MR) is 80.2 cm³/mol. The number of amides is 2. The van der Waals surface area contributed by atoms with Crippen molar-refractivity contribution in [3.8, 4) is 0 Å². The standard InChI is InChI=1S/C14H13N7O2/c1-2-21-12-4-3-9(7-10(12)17-20-21)13(22)18-19-14(23)11-8-15-5-6-16-11/h3-8H,2H2,1H3,(H,18,22)(H,19,23). The van der Waals surface area contributed by atoms with Gasteiger partial charge >= 0.3 is 0 Å². The highest BCUT2D eigenvalue weighted by molar-refractivity contribution is 5.99. The molecule has 0 spiro atoms. The molecule has 0 aliphatic carbocycles. The van der Waals surface area contributed by atoms with Gasteiger partial charge in [-0.05, 0) is 25.1 Å². The molecule has 2 aromatic heterocycles. The Morgan fingerprint density at radius 3 is 2.74 bits per heavy atom. The van der Waals surface area contributed by atoms with Crippen molar-refractivity contribution in [2.75, 3.05) is 0 Å². The van der Waals surface area contributed by atoms with Gasteiger partial charge in [-0.3, -0.25) is 25.4 Å². The molecule has 0 atom stereocenters. The van der Waals surface area contributed by atoms with Gasteiger partial charge in [-0.15, -0.1) is 5.10 Å². The summed E-state index contributed by atoms with van der Waals surface area (Å²) >= 11 is 0.